The molecule has 1 atom stereocenters. The van der Waals surface area contributed by atoms with E-state index in [0.717, 1.165) is 13.1 Å². The van der Waals surface area contributed by atoms with Gasteiger partial charge in [0.25, 0.3) is 5.91 Å². The summed E-state index contributed by atoms with van der Waals surface area (Å²) in [6, 6.07) is 5.77. The molecule has 110 valence electrons. The first-order chi connectivity index (χ1) is 9.37. The van der Waals surface area contributed by atoms with E-state index in [9.17, 15) is 9.90 Å². The van der Waals surface area contributed by atoms with Gasteiger partial charge in [0.05, 0.1) is 5.60 Å². The summed E-state index contributed by atoms with van der Waals surface area (Å²) in [5, 5.41) is 16.3. The quantitative estimate of drug-likeness (QED) is 0.768. The maximum atomic E-state index is 12.1. The van der Waals surface area contributed by atoms with Crippen molar-refractivity contribution in [2.45, 2.75) is 45.9 Å². The highest BCUT2D eigenvalue weighted by Crippen LogP contribution is 2.18. The standard InChI is InChI=1S/C16H24N2O2/c1-11(2)7-16(3,20)10-18-15(19)12-4-5-13-8-17-9-14(13)6-12/h4-6,11,17,20H,7-10H2,1-3H3,(H,18,19). The largest absolute Gasteiger partial charge is 0.388 e. The third kappa shape index (κ3) is 3.81. The lowest BCUT2D eigenvalue weighted by Gasteiger charge is -2.25. The van der Waals surface area contributed by atoms with Gasteiger partial charge < -0.3 is 15.7 Å². The van der Waals surface area contributed by atoms with Gasteiger partial charge in [-0.05, 0) is 42.5 Å². The van der Waals surface area contributed by atoms with Crippen LogP contribution in [0.4, 0.5) is 0 Å². The van der Waals surface area contributed by atoms with Gasteiger partial charge in [0.1, 0.15) is 0 Å². The van der Waals surface area contributed by atoms with E-state index < -0.39 is 5.60 Å². The second kappa shape index (κ2) is 5.94. The molecule has 0 bridgehead atoms. The second-order valence-electron chi connectivity index (χ2n) is 6.36. The Labute approximate surface area is 120 Å². The third-order valence-corrected chi connectivity index (χ3v) is 3.58. The van der Waals surface area contributed by atoms with Crippen molar-refractivity contribution in [3.05, 3.63) is 34.9 Å². The number of aliphatic hydroxyl groups is 1. The molecule has 0 saturated heterocycles. The molecule has 0 fully saturated rings. The molecule has 1 aliphatic heterocycles. The molecule has 1 aliphatic rings. The minimum absolute atomic E-state index is 0.122. The summed E-state index contributed by atoms with van der Waals surface area (Å²) in [4.78, 5) is 12.1. The molecule has 2 rings (SSSR count). The summed E-state index contributed by atoms with van der Waals surface area (Å²) in [7, 11) is 0. The zero-order chi connectivity index (χ0) is 14.8. The van der Waals surface area contributed by atoms with Gasteiger partial charge in [0, 0.05) is 25.2 Å². The Morgan fingerprint density at radius 1 is 1.40 bits per heavy atom. The number of nitrogens with one attached hydrogen (secondary N) is 2. The van der Waals surface area contributed by atoms with Crippen molar-refractivity contribution in [3.8, 4) is 0 Å². The van der Waals surface area contributed by atoms with Gasteiger partial charge in [-0.3, -0.25) is 4.79 Å². The summed E-state index contributed by atoms with van der Waals surface area (Å²) in [6.07, 6.45) is 0.668. The normalized spacial score (nSPS) is 16.9. The van der Waals surface area contributed by atoms with Crippen LogP contribution in [0.2, 0.25) is 0 Å². The van der Waals surface area contributed by atoms with E-state index in [-0.39, 0.29) is 12.5 Å². The molecule has 0 spiro atoms. The molecular formula is C16H24N2O2. The Kier molecular flexibility index (Phi) is 4.45. The number of benzene rings is 1. The van der Waals surface area contributed by atoms with Crippen LogP contribution in [0.15, 0.2) is 18.2 Å². The molecule has 1 unspecified atom stereocenters. The maximum absolute atomic E-state index is 12.1. The van der Waals surface area contributed by atoms with Crippen LogP contribution in [0.1, 0.15) is 48.7 Å². The van der Waals surface area contributed by atoms with E-state index >= 15 is 0 Å². The van der Waals surface area contributed by atoms with Gasteiger partial charge in [-0.2, -0.15) is 0 Å². The van der Waals surface area contributed by atoms with Crippen molar-refractivity contribution < 1.29 is 9.90 Å². The average Bonchev–Trinajstić information content (AvgIpc) is 2.81. The molecule has 1 amide bonds. The zero-order valence-electron chi connectivity index (χ0n) is 12.5. The van der Waals surface area contributed by atoms with Crippen LogP contribution >= 0.6 is 0 Å². The van der Waals surface area contributed by atoms with E-state index in [4.69, 9.17) is 0 Å². The first-order valence-electron chi connectivity index (χ1n) is 7.20. The van der Waals surface area contributed by atoms with Gasteiger partial charge in [0.15, 0.2) is 0 Å². The Bertz CT molecular complexity index is 495. The Balaban J connectivity index is 1.95. The summed E-state index contributed by atoms with van der Waals surface area (Å²) in [5.41, 5.74) is 2.25. The highest BCUT2D eigenvalue weighted by Gasteiger charge is 2.23. The lowest BCUT2D eigenvalue weighted by atomic mass is 9.94. The van der Waals surface area contributed by atoms with Crippen molar-refractivity contribution in [2.75, 3.05) is 6.54 Å². The second-order valence-corrected chi connectivity index (χ2v) is 6.36. The molecule has 0 aromatic heterocycles. The predicted molar refractivity (Wildman–Crippen MR) is 79.4 cm³/mol. The van der Waals surface area contributed by atoms with Crippen LogP contribution in [-0.2, 0) is 13.1 Å². The molecule has 0 saturated carbocycles. The molecule has 4 heteroatoms. The summed E-state index contributed by atoms with van der Waals surface area (Å²) in [6.45, 7) is 7.86. The number of rotatable bonds is 5. The van der Waals surface area contributed by atoms with Gasteiger partial charge in [-0.15, -0.1) is 0 Å². The van der Waals surface area contributed by atoms with Crippen molar-refractivity contribution in [1.82, 2.24) is 10.6 Å². The van der Waals surface area contributed by atoms with Gasteiger partial charge in [0.2, 0.25) is 0 Å². The van der Waals surface area contributed by atoms with Gasteiger partial charge in [-0.25, -0.2) is 0 Å². The highest BCUT2D eigenvalue weighted by molar-refractivity contribution is 5.94. The number of fused-ring (bicyclic) bond motifs is 1. The molecular weight excluding hydrogens is 252 g/mol. The minimum Gasteiger partial charge on any atom is -0.388 e. The Morgan fingerprint density at radius 2 is 2.10 bits per heavy atom. The third-order valence-electron chi connectivity index (χ3n) is 3.58. The number of carbonyl (C=O) groups is 1. The number of carbonyl (C=O) groups excluding carboxylic acids is 1. The lowest BCUT2D eigenvalue weighted by molar-refractivity contribution is 0.0368. The molecule has 0 aliphatic carbocycles. The van der Waals surface area contributed by atoms with E-state index in [1.54, 1.807) is 6.92 Å². The number of amides is 1. The van der Waals surface area contributed by atoms with Crippen LogP contribution in [0, 0.1) is 5.92 Å². The van der Waals surface area contributed by atoms with Crippen LogP contribution in [0.5, 0.6) is 0 Å². The molecule has 1 aromatic carbocycles. The molecule has 20 heavy (non-hydrogen) atoms. The van der Waals surface area contributed by atoms with Crippen molar-refractivity contribution in [3.63, 3.8) is 0 Å². The van der Waals surface area contributed by atoms with E-state index in [1.165, 1.54) is 11.1 Å². The van der Waals surface area contributed by atoms with Crippen molar-refractivity contribution in [2.24, 2.45) is 5.92 Å². The van der Waals surface area contributed by atoms with Crippen molar-refractivity contribution in [1.29, 1.82) is 0 Å². The fraction of sp³-hybridized carbons (Fsp3) is 0.562. The highest BCUT2D eigenvalue weighted by atomic mass is 16.3. The zero-order valence-corrected chi connectivity index (χ0v) is 12.5. The first kappa shape index (κ1) is 15.0. The summed E-state index contributed by atoms with van der Waals surface area (Å²) < 4.78 is 0. The fourth-order valence-electron chi connectivity index (χ4n) is 2.76. The predicted octanol–water partition coefficient (Wildman–Crippen LogP) is 1.82. The Hall–Kier alpha value is -1.39. The monoisotopic (exact) mass is 276 g/mol. The molecule has 4 nitrogen and oxygen atoms in total. The van der Waals surface area contributed by atoms with Crippen LogP contribution in [0.3, 0.4) is 0 Å². The van der Waals surface area contributed by atoms with Gasteiger partial charge in [-0.1, -0.05) is 19.9 Å². The molecule has 0 radical (unpaired) electrons. The first-order valence-corrected chi connectivity index (χ1v) is 7.20. The molecule has 1 aromatic rings. The number of hydrogen-bond acceptors (Lipinski definition) is 3. The fourth-order valence-corrected chi connectivity index (χ4v) is 2.76. The van der Waals surface area contributed by atoms with E-state index in [0.29, 0.717) is 17.9 Å². The van der Waals surface area contributed by atoms with E-state index in [1.807, 2.05) is 18.2 Å². The Morgan fingerprint density at radius 3 is 2.80 bits per heavy atom. The van der Waals surface area contributed by atoms with Crippen LogP contribution in [0.25, 0.3) is 0 Å². The van der Waals surface area contributed by atoms with Crippen LogP contribution in [-0.4, -0.2) is 23.2 Å². The van der Waals surface area contributed by atoms with E-state index in [2.05, 4.69) is 24.5 Å². The summed E-state index contributed by atoms with van der Waals surface area (Å²) in [5.74, 6) is 0.275. The smallest absolute Gasteiger partial charge is 0.251 e. The van der Waals surface area contributed by atoms with Crippen LogP contribution < -0.4 is 10.6 Å². The maximum Gasteiger partial charge on any atom is 0.251 e. The lowest BCUT2D eigenvalue weighted by Crippen LogP contribution is -2.41. The summed E-state index contributed by atoms with van der Waals surface area (Å²) >= 11 is 0. The topological polar surface area (TPSA) is 61.4 Å². The minimum atomic E-state index is -0.859. The molecule has 3 N–H and O–H groups in total. The van der Waals surface area contributed by atoms with Crippen molar-refractivity contribution >= 4 is 5.91 Å². The SMILES string of the molecule is CC(C)CC(C)(O)CNC(=O)c1ccc2c(c1)CNC2. The number of hydrogen-bond donors (Lipinski definition) is 3. The molecule has 1 heterocycles. The average molecular weight is 276 g/mol. The van der Waals surface area contributed by atoms with Gasteiger partial charge >= 0.3 is 0 Å².